The number of rotatable bonds is 3. The van der Waals surface area contributed by atoms with Crippen LogP contribution in [0.2, 0.25) is 0 Å². The molecule has 0 saturated heterocycles. The minimum atomic E-state index is -0.0741. The molecule has 0 bridgehead atoms. The minimum Gasteiger partial charge on any atom is -0.293 e. The van der Waals surface area contributed by atoms with Crippen molar-refractivity contribution in [3.8, 4) is 6.07 Å². The van der Waals surface area contributed by atoms with Crippen LogP contribution in [0.5, 0.6) is 0 Å². The second-order valence-corrected chi connectivity index (χ2v) is 3.66. The summed E-state index contributed by atoms with van der Waals surface area (Å²) in [6, 6.07) is 9.55. The molecule has 2 heteroatoms. The average molecular weight is 185 g/mol. The van der Waals surface area contributed by atoms with Gasteiger partial charge in [-0.3, -0.25) is 4.79 Å². The highest BCUT2D eigenvalue weighted by molar-refractivity contribution is 5.97. The number of nitriles is 1. The molecule has 0 N–H and O–H groups in total. The first kappa shape index (κ1) is 8.96. The van der Waals surface area contributed by atoms with Crippen LogP contribution in [0.4, 0.5) is 0 Å². The molecule has 0 amide bonds. The van der Waals surface area contributed by atoms with Crippen LogP contribution in [0.15, 0.2) is 24.3 Å². The predicted molar refractivity (Wildman–Crippen MR) is 53.0 cm³/mol. The summed E-state index contributed by atoms with van der Waals surface area (Å²) in [5.74, 6) is 0.583. The summed E-state index contributed by atoms with van der Waals surface area (Å²) >= 11 is 0. The SMILES string of the molecule is N#CCC(=O)c1cccc(C2CC2)c1. The van der Waals surface area contributed by atoms with Crippen LogP contribution < -0.4 is 0 Å². The van der Waals surface area contributed by atoms with Crippen molar-refractivity contribution in [1.82, 2.24) is 0 Å². The molecule has 1 aliphatic carbocycles. The molecule has 1 aromatic carbocycles. The van der Waals surface area contributed by atoms with Crippen LogP contribution in [0, 0.1) is 11.3 Å². The first-order valence-electron chi connectivity index (χ1n) is 4.81. The van der Waals surface area contributed by atoms with Gasteiger partial charge in [0.15, 0.2) is 5.78 Å². The second-order valence-electron chi connectivity index (χ2n) is 3.66. The molecular formula is C12H11NO. The zero-order valence-electron chi connectivity index (χ0n) is 7.86. The van der Waals surface area contributed by atoms with E-state index in [1.54, 1.807) is 6.07 Å². The summed E-state index contributed by atoms with van der Waals surface area (Å²) in [6.45, 7) is 0. The molecule has 1 saturated carbocycles. The van der Waals surface area contributed by atoms with Crippen molar-refractivity contribution in [2.45, 2.75) is 25.2 Å². The Hall–Kier alpha value is -1.62. The smallest absolute Gasteiger partial charge is 0.176 e. The summed E-state index contributed by atoms with van der Waals surface area (Å²) in [6.07, 6.45) is 2.44. The van der Waals surface area contributed by atoms with Crippen LogP contribution in [0.25, 0.3) is 0 Å². The summed E-state index contributed by atoms with van der Waals surface area (Å²) in [4.78, 5) is 11.4. The van der Waals surface area contributed by atoms with Gasteiger partial charge in [-0.1, -0.05) is 18.2 Å². The van der Waals surface area contributed by atoms with Gasteiger partial charge in [-0.05, 0) is 30.4 Å². The Morgan fingerprint density at radius 1 is 1.50 bits per heavy atom. The van der Waals surface area contributed by atoms with Crippen molar-refractivity contribution in [3.63, 3.8) is 0 Å². The first-order valence-corrected chi connectivity index (χ1v) is 4.81. The number of nitrogens with zero attached hydrogens (tertiary/aromatic N) is 1. The van der Waals surface area contributed by atoms with E-state index in [0.29, 0.717) is 11.5 Å². The second kappa shape index (κ2) is 3.63. The van der Waals surface area contributed by atoms with E-state index < -0.39 is 0 Å². The van der Waals surface area contributed by atoms with Crippen LogP contribution in [0.1, 0.15) is 41.1 Å². The summed E-state index contributed by atoms with van der Waals surface area (Å²) in [7, 11) is 0. The highest BCUT2D eigenvalue weighted by Gasteiger charge is 2.23. The maximum Gasteiger partial charge on any atom is 0.176 e. The molecule has 0 aromatic heterocycles. The Kier molecular flexibility index (Phi) is 2.32. The van der Waals surface area contributed by atoms with E-state index in [4.69, 9.17) is 5.26 Å². The molecule has 0 unspecified atom stereocenters. The molecule has 0 radical (unpaired) electrons. The standard InChI is InChI=1S/C12H11NO/c13-7-6-12(14)11-3-1-2-10(8-11)9-4-5-9/h1-3,8-9H,4-6H2. The van der Waals surface area contributed by atoms with Crippen molar-refractivity contribution < 1.29 is 4.79 Å². The molecule has 1 aromatic rings. The molecule has 70 valence electrons. The quantitative estimate of drug-likeness (QED) is 0.679. The normalized spacial score (nSPS) is 14.8. The van der Waals surface area contributed by atoms with E-state index in [2.05, 4.69) is 6.07 Å². The molecule has 1 fully saturated rings. The predicted octanol–water partition coefficient (Wildman–Crippen LogP) is 2.66. The van der Waals surface area contributed by atoms with Gasteiger partial charge in [0.1, 0.15) is 0 Å². The fourth-order valence-electron chi connectivity index (χ4n) is 1.56. The third kappa shape index (κ3) is 1.82. The van der Waals surface area contributed by atoms with Crippen molar-refractivity contribution in [2.24, 2.45) is 0 Å². The van der Waals surface area contributed by atoms with E-state index >= 15 is 0 Å². The van der Waals surface area contributed by atoms with Gasteiger partial charge in [0.25, 0.3) is 0 Å². The lowest BCUT2D eigenvalue weighted by molar-refractivity contribution is 0.0997. The summed E-state index contributed by atoms with van der Waals surface area (Å²) < 4.78 is 0. The summed E-state index contributed by atoms with van der Waals surface area (Å²) in [5, 5.41) is 8.42. The molecular weight excluding hydrogens is 174 g/mol. The van der Waals surface area contributed by atoms with Crippen molar-refractivity contribution in [1.29, 1.82) is 5.26 Å². The number of hydrogen-bond acceptors (Lipinski definition) is 2. The molecule has 2 nitrogen and oxygen atoms in total. The van der Waals surface area contributed by atoms with Crippen LogP contribution in [-0.4, -0.2) is 5.78 Å². The summed E-state index contributed by atoms with van der Waals surface area (Å²) in [5.41, 5.74) is 1.92. The number of carbonyl (C=O) groups is 1. The Morgan fingerprint density at radius 3 is 2.93 bits per heavy atom. The molecule has 0 spiro atoms. The number of carbonyl (C=O) groups excluding carboxylic acids is 1. The number of ketones is 1. The number of hydrogen-bond donors (Lipinski definition) is 0. The molecule has 0 atom stereocenters. The van der Waals surface area contributed by atoms with E-state index in [-0.39, 0.29) is 12.2 Å². The number of benzene rings is 1. The lowest BCUT2D eigenvalue weighted by atomic mass is 10.0. The van der Waals surface area contributed by atoms with Crippen LogP contribution in [-0.2, 0) is 0 Å². The highest BCUT2D eigenvalue weighted by Crippen LogP contribution is 2.40. The van der Waals surface area contributed by atoms with Gasteiger partial charge in [0.2, 0.25) is 0 Å². The molecule has 0 aliphatic heterocycles. The van der Waals surface area contributed by atoms with E-state index in [0.717, 1.165) is 0 Å². The third-order valence-electron chi connectivity index (χ3n) is 2.50. The van der Waals surface area contributed by atoms with Gasteiger partial charge in [-0.2, -0.15) is 5.26 Å². The lowest BCUT2D eigenvalue weighted by Crippen LogP contribution is -1.97. The fraction of sp³-hybridized carbons (Fsp3) is 0.333. The largest absolute Gasteiger partial charge is 0.293 e. The van der Waals surface area contributed by atoms with Crippen molar-refractivity contribution in [2.75, 3.05) is 0 Å². The van der Waals surface area contributed by atoms with Gasteiger partial charge >= 0.3 is 0 Å². The minimum absolute atomic E-state index is 0.0197. The average Bonchev–Trinajstić information content (AvgIpc) is 3.02. The van der Waals surface area contributed by atoms with E-state index in [1.807, 2.05) is 18.2 Å². The van der Waals surface area contributed by atoms with Gasteiger partial charge in [0.05, 0.1) is 12.5 Å². The third-order valence-corrected chi connectivity index (χ3v) is 2.50. The van der Waals surface area contributed by atoms with Gasteiger partial charge in [0, 0.05) is 5.56 Å². The van der Waals surface area contributed by atoms with E-state index in [9.17, 15) is 4.79 Å². The van der Waals surface area contributed by atoms with Crippen LogP contribution >= 0.6 is 0 Å². The zero-order chi connectivity index (χ0) is 9.97. The zero-order valence-corrected chi connectivity index (χ0v) is 7.86. The fourth-order valence-corrected chi connectivity index (χ4v) is 1.56. The van der Waals surface area contributed by atoms with Crippen molar-refractivity contribution in [3.05, 3.63) is 35.4 Å². The molecule has 0 heterocycles. The maximum absolute atomic E-state index is 11.4. The van der Waals surface area contributed by atoms with Crippen LogP contribution in [0.3, 0.4) is 0 Å². The molecule has 2 rings (SSSR count). The highest BCUT2D eigenvalue weighted by atomic mass is 16.1. The Balaban J connectivity index is 2.21. The topological polar surface area (TPSA) is 40.9 Å². The molecule has 1 aliphatic rings. The Bertz CT molecular complexity index is 399. The first-order chi connectivity index (χ1) is 6.81. The van der Waals surface area contributed by atoms with Gasteiger partial charge in [-0.15, -0.1) is 0 Å². The van der Waals surface area contributed by atoms with Gasteiger partial charge < -0.3 is 0 Å². The lowest BCUT2D eigenvalue weighted by Gasteiger charge is -2.00. The molecule has 14 heavy (non-hydrogen) atoms. The monoisotopic (exact) mass is 185 g/mol. The van der Waals surface area contributed by atoms with E-state index in [1.165, 1.54) is 18.4 Å². The Morgan fingerprint density at radius 2 is 2.29 bits per heavy atom. The maximum atomic E-state index is 11.4. The van der Waals surface area contributed by atoms with Gasteiger partial charge in [-0.25, -0.2) is 0 Å². The number of Topliss-reactive ketones (excluding diaryl/α,β-unsaturated/α-hetero) is 1. The van der Waals surface area contributed by atoms with Crippen molar-refractivity contribution >= 4 is 5.78 Å². The Labute approximate surface area is 83.2 Å².